The number of rotatable bonds is 5. The maximum Gasteiger partial charge on any atom is 0.183 e. The third-order valence-corrected chi connectivity index (χ3v) is 2.71. The van der Waals surface area contributed by atoms with Crippen LogP contribution in [0.25, 0.3) is 0 Å². The first kappa shape index (κ1) is 11.6. The second-order valence-electron chi connectivity index (χ2n) is 4.14. The van der Waals surface area contributed by atoms with Gasteiger partial charge >= 0.3 is 0 Å². The molecule has 0 aliphatic heterocycles. The summed E-state index contributed by atoms with van der Waals surface area (Å²) in [6, 6.07) is 12.0. The summed E-state index contributed by atoms with van der Waals surface area (Å²) in [7, 11) is 1.82. The molecule has 0 aliphatic carbocycles. The molecule has 0 spiro atoms. The molecule has 3 nitrogen and oxygen atoms in total. The van der Waals surface area contributed by atoms with Gasteiger partial charge in [-0.15, -0.1) is 0 Å². The van der Waals surface area contributed by atoms with E-state index in [-0.39, 0.29) is 5.78 Å². The molecule has 0 saturated carbocycles. The molecule has 0 amide bonds. The lowest BCUT2D eigenvalue weighted by atomic mass is 10.1. The zero-order valence-corrected chi connectivity index (χ0v) is 9.97. The van der Waals surface area contributed by atoms with E-state index in [1.165, 1.54) is 5.56 Å². The molecule has 2 rings (SSSR count). The molecule has 2 aromatic rings. The average Bonchev–Trinajstić information content (AvgIpc) is 2.77. The Balaban J connectivity index is 1.81. The Kier molecular flexibility index (Phi) is 3.70. The van der Waals surface area contributed by atoms with Crippen molar-refractivity contribution in [2.45, 2.75) is 19.3 Å². The van der Waals surface area contributed by atoms with E-state index in [0.29, 0.717) is 12.1 Å². The first-order valence-corrected chi connectivity index (χ1v) is 5.82. The van der Waals surface area contributed by atoms with Crippen molar-refractivity contribution in [3.8, 4) is 0 Å². The number of hydrogen-bond acceptors (Lipinski definition) is 2. The largest absolute Gasteiger partial charge is 0.292 e. The molecular formula is C14H16N2O. The van der Waals surface area contributed by atoms with E-state index in [9.17, 15) is 4.79 Å². The molecule has 17 heavy (non-hydrogen) atoms. The van der Waals surface area contributed by atoms with E-state index in [1.54, 1.807) is 16.9 Å². The second kappa shape index (κ2) is 5.43. The standard InChI is InChI=1S/C14H16N2O/c1-16-11-10-13(15-16)14(17)9-5-8-12-6-3-2-4-7-12/h2-4,6-7,10-11H,5,8-9H2,1H3. The van der Waals surface area contributed by atoms with Crippen molar-refractivity contribution in [1.29, 1.82) is 0 Å². The summed E-state index contributed by atoms with van der Waals surface area (Å²) in [5.41, 5.74) is 1.85. The maximum absolute atomic E-state index is 11.8. The molecule has 1 heterocycles. The van der Waals surface area contributed by atoms with Crippen LogP contribution >= 0.6 is 0 Å². The number of Topliss-reactive ketones (excluding diaryl/α,β-unsaturated/α-hetero) is 1. The van der Waals surface area contributed by atoms with E-state index >= 15 is 0 Å². The van der Waals surface area contributed by atoms with Gasteiger partial charge in [-0.05, 0) is 24.5 Å². The summed E-state index contributed by atoms with van der Waals surface area (Å²) in [6.45, 7) is 0. The molecule has 0 bridgehead atoms. The van der Waals surface area contributed by atoms with Gasteiger partial charge in [-0.1, -0.05) is 30.3 Å². The average molecular weight is 228 g/mol. The van der Waals surface area contributed by atoms with E-state index in [4.69, 9.17) is 0 Å². The van der Waals surface area contributed by atoms with E-state index in [1.807, 2.05) is 25.2 Å². The highest BCUT2D eigenvalue weighted by molar-refractivity contribution is 5.94. The first-order chi connectivity index (χ1) is 8.25. The predicted molar refractivity (Wildman–Crippen MR) is 66.9 cm³/mol. The van der Waals surface area contributed by atoms with Crippen molar-refractivity contribution >= 4 is 5.78 Å². The van der Waals surface area contributed by atoms with Crippen molar-refractivity contribution < 1.29 is 4.79 Å². The fourth-order valence-corrected chi connectivity index (χ4v) is 1.79. The van der Waals surface area contributed by atoms with Gasteiger partial charge in [0, 0.05) is 19.7 Å². The van der Waals surface area contributed by atoms with Crippen molar-refractivity contribution in [2.24, 2.45) is 7.05 Å². The topological polar surface area (TPSA) is 34.9 Å². The van der Waals surface area contributed by atoms with Crippen LogP contribution in [0.2, 0.25) is 0 Å². The lowest BCUT2D eigenvalue weighted by Gasteiger charge is -1.99. The van der Waals surface area contributed by atoms with Crippen LogP contribution in [0.1, 0.15) is 28.9 Å². The van der Waals surface area contributed by atoms with Crippen molar-refractivity contribution in [2.75, 3.05) is 0 Å². The molecular weight excluding hydrogens is 212 g/mol. The zero-order valence-electron chi connectivity index (χ0n) is 9.97. The Labute approximate surface area is 101 Å². The molecule has 0 fully saturated rings. The Morgan fingerprint density at radius 3 is 2.65 bits per heavy atom. The van der Waals surface area contributed by atoms with Gasteiger partial charge in [0.2, 0.25) is 0 Å². The number of hydrogen-bond donors (Lipinski definition) is 0. The normalized spacial score (nSPS) is 10.4. The van der Waals surface area contributed by atoms with Crippen LogP contribution in [-0.4, -0.2) is 15.6 Å². The number of aryl methyl sites for hydroxylation is 2. The zero-order chi connectivity index (χ0) is 12.1. The number of benzene rings is 1. The van der Waals surface area contributed by atoms with Gasteiger partial charge in [0.25, 0.3) is 0 Å². The fraction of sp³-hybridized carbons (Fsp3) is 0.286. The molecule has 0 saturated heterocycles. The number of carbonyl (C=O) groups excluding carboxylic acids is 1. The SMILES string of the molecule is Cn1ccc(C(=O)CCCc2ccccc2)n1. The van der Waals surface area contributed by atoms with Gasteiger partial charge in [0.05, 0.1) is 0 Å². The molecule has 1 aromatic heterocycles. The van der Waals surface area contributed by atoms with Crippen molar-refractivity contribution in [3.63, 3.8) is 0 Å². The maximum atomic E-state index is 11.8. The fourth-order valence-electron chi connectivity index (χ4n) is 1.79. The Bertz CT molecular complexity index is 488. The third kappa shape index (κ3) is 3.28. The van der Waals surface area contributed by atoms with Gasteiger partial charge in [-0.2, -0.15) is 5.10 Å². The van der Waals surface area contributed by atoms with E-state index in [2.05, 4.69) is 17.2 Å². The predicted octanol–water partition coefficient (Wildman–Crippen LogP) is 2.63. The minimum Gasteiger partial charge on any atom is -0.292 e. The second-order valence-corrected chi connectivity index (χ2v) is 4.14. The Hall–Kier alpha value is -1.90. The van der Waals surface area contributed by atoms with Gasteiger partial charge < -0.3 is 0 Å². The molecule has 1 aromatic carbocycles. The molecule has 0 radical (unpaired) electrons. The lowest BCUT2D eigenvalue weighted by Crippen LogP contribution is -2.02. The summed E-state index contributed by atoms with van der Waals surface area (Å²) in [6.07, 6.45) is 4.18. The summed E-state index contributed by atoms with van der Waals surface area (Å²) in [5, 5.41) is 4.10. The van der Waals surface area contributed by atoms with Crippen LogP contribution in [0.15, 0.2) is 42.6 Å². The minimum atomic E-state index is 0.126. The highest BCUT2D eigenvalue weighted by Gasteiger charge is 2.08. The summed E-state index contributed by atoms with van der Waals surface area (Å²) in [4.78, 5) is 11.8. The summed E-state index contributed by atoms with van der Waals surface area (Å²) in [5.74, 6) is 0.126. The quantitative estimate of drug-likeness (QED) is 0.737. The molecule has 88 valence electrons. The number of ketones is 1. The Morgan fingerprint density at radius 2 is 2.00 bits per heavy atom. The Morgan fingerprint density at radius 1 is 1.24 bits per heavy atom. The third-order valence-electron chi connectivity index (χ3n) is 2.71. The van der Waals surface area contributed by atoms with Gasteiger partial charge in [0.1, 0.15) is 5.69 Å². The molecule has 0 unspecified atom stereocenters. The van der Waals surface area contributed by atoms with Gasteiger partial charge in [-0.25, -0.2) is 0 Å². The van der Waals surface area contributed by atoms with E-state index in [0.717, 1.165) is 12.8 Å². The number of aromatic nitrogens is 2. The van der Waals surface area contributed by atoms with Crippen LogP contribution in [0.5, 0.6) is 0 Å². The molecule has 0 atom stereocenters. The number of carbonyl (C=O) groups is 1. The highest BCUT2D eigenvalue weighted by atomic mass is 16.1. The molecule has 0 aliphatic rings. The van der Waals surface area contributed by atoms with Crippen molar-refractivity contribution in [3.05, 3.63) is 53.9 Å². The van der Waals surface area contributed by atoms with Crippen LogP contribution < -0.4 is 0 Å². The van der Waals surface area contributed by atoms with Crippen molar-refractivity contribution in [1.82, 2.24) is 9.78 Å². The molecule has 0 N–H and O–H groups in total. The van der Waals surface area contributed by atoms with E-state index < -0.39 is 0 Å². The highest BCUT2D eigenvalue weighted by Crippen LogP contribution is 2.07. The number of nitrogens with zero attached hydrogens (tertiary/aromatic N) is 2. The minimum absolute atomic E-state index is 0.126. The van der Waals surface area contributed by atoms with Crippen LogP contribution in [-0.2, 0) is 13.5 Å². The monoisotopic (exact) mass is 228 g/mol. The van der Waals surface area contributed by atoms with Crippen LogP contribution in [0, 0.1) is 0 Å². The first-order valence-electron chi connectivity index (χ1n) is 5.82. The van der Waals surface area contributed by atoms with Gasteiger partial charge in [0.15, 0.2) is 5.78 Å². The molecule has 3 heteroatoms. The summed E-state index contributed by atoms with van der Waals surface area (Å²) >= 11 is 0. The summed E-state index contributed by atoms with van der Waals surface area (Å²) < 4.78 is 1.66. The smallest absolute Gasteiger partial charge is 0.183 e. The lowest BCUT2D eigenvalue weighted by molar-refractivity contribution is 0.0974. The van der Waals surface area contributed by atoms with Crippen LogP contribution in [0.3, 0.4) is 0 Å². The van der Waals surface area contributed by atoms with Gasteiger partial charge in [-0.3, -0.25) is 9.48 Å². The van der Waals surface area contributed by atoms with Crippen LogP contribution in [0.4, 0.5) is 0 Å².